The van der Waals surface area contributed by atoms with Crippen molar-refractivity contribution in [2.75, 3.05) is 0 Å². The van der Waals surface area contributed by atoms with Crippen molar-refractivity contribution in [2.24, 2.45) is 22.2 Å². The molecule has 0 aliphatic heterocycles. The molecule has 0 amide bonds. The van der Waals surface area contributed by atoms with Crippen molar-refractivity contribution in [3.8, 4) is 0 Å². The summed E-state index contributed by atoms with van der Waals surface area (Å²) in [6.07, 6.45) is 13.5. The number of aromatic carboxylic acids is 1. The van der Waals surface area contributed by atoms with Crippen LogP contribution in [0.5, 0.6) is 0 Å². The van der Waals surface area contributed by atoms with E-state index in [1.807, 2.05) is 6.21 Å². The minimum atomic E-state index is -0.932. The number of benzene rings is 1. The Balaban J connectivity index is 1.16. The van der Waals surface area contributed by atoms with Gasteiger partial charge in [0.05, 0.1) is 34.2 Å². The minimum Gasteiger partial charge on any atom is -0.478 e. The second-order valence-corrected chi connectivity index (χ2v) is 14.1. The predicted octanol–water partition coefficient (Wildman–Crippen LogP) is 8.66. The number of rotatable bonds is 11. The molecule has 3 fully saturated rings. The molecule has 3 aliphatic rings. The fourth-order valence-electron chi connectivity index (χ4n) is 6.35. The second kappa shape index (κ2) is 11.4. The first kappa shape index (κ1) is 27.6. The van der Waals surface area contributed by atoms with Gasteiger partial charge in [0.2, 0.25) is 5.13 Å². The van der Waals surface area contributed by atoms with Gasteiger partial charge in [0.25, 0.3) is 0 Å². The molecule has 2 heterocycles. The molecule has 3 aromatic rings. The number of hydrogen-bond donors (Lipinski definition) is 1. The molecule has 2 aromatic heterocycles. The zero-order valence-electron chi connectivity index (χ0n) is 23.9. The molecule has 0 bridgehead atoms. The van der Waals surface area contributed by atoms with Gasteiger partial charge in [0.15, 0.2) is 0 Å². The maximum atomic E-state index is 11.3. The summed E-state index contributed by atoms with van der Waals surface area (Å²) in [5.74, 6) is 2.55. The summed E-state index contributed by atoms with van der Waals surface area (Å²) in [4.78, 5) is 20.5. The van der Waals surface area contributed by atoms with Crippen LogP contribution in [-0.4, -0.2) is 33.5 Å². The SMILES string of the molecule is CC1CC[C@@H]1CC(CC=Nc1nc2ccc(C(=O)O)cc2s1)OCc1c(C2CCC(C)(C)CC2)noc1C1CC1. The van der Waals surface area contributed by atoms with E-state index in [0.29, 0.717) is 34.9 Å². The summed E-state index contributed by atoms with van der Waals surface area (Å²) in [5.41, 5.74) is 3.83. The standard InChI is InChI=1S/C32H41N3O4S/c1-19-4-5-22(19)16-24(12-15-33-31-34-26-9-8-23(30(36)37)17-27(26)40-31)38-18-25-28(35-39-29(25)21-6-7-21)20-10-13-32(2,3)14-11-20/h8-9,15,17,19-22,24H,4-7,10-14,16,18H2,1-3H3,(H,36,37)/t19?,22-,24?/m1/s1. The maximum Gasteiger partial charge on any atom is 0.335 e. The highest BCUT2D eigenvalue weighted by Crippen LogP contribution is 2.47. The molecule has 1 N–H and O–H groups in total. The number of carbonyl (C=O) groups is 1. The third-order valence-electron chi connectivity index (χ3n) is 9.54. The first-order valence-corrected chi connectivity index (χ1v) is 15.8. The van der Waals surface area contributed by atoms with Crippen molar-refractivity contribution < 1.29 is 19.2 Å². The van der Waals surface area contributed by atoms with Crippen molar-refractivity contribution in [1.29, 1.82) is 0 Å². The molecule has 3 aliphatic carbocycles. The number of carboxylic acid groups (broad SMARTS) is 1. The summed E-state index contributed by atoms with van der Waals surface area (Å²) in [6, 6.07) is 5.00. The van der Waals surface area contributed by atoms with E-state index in [2.05, 4.69) is 35.9 Å². The quantitative estimate of drug-likeness (QED) is 0.234. The molecule has 2 unspecified atom stereocenters. The van der Waals surface area contributed by atoms with Gasteiger partial charge < -0.3 is 14.4 Å². The van der Waals surface area contributed by atoms with Crippen molar-refractivity contribution in [3.63, 3.8) is 0 Å². The zero-order valence-corrected chi connectivity index (χ0v) is 24.7. The lowest BCUT2D eigenvalue weighted by atomic mass is 9.71. The fourth-order valence-corrected chi connectivity index (χ4v) is 7.22. The van der Waals surface area contributed by atoms with Crippen LogP contribution in [0.4, 0.5) is 5.13 Å². The molecule has 1 aromatic carbocycles. The van der Waals surface area contributed by atoms with E-state index in [-0.39, 0.29) is 11.7 Å². The van der Waals surface area contributed by atoms with E-state index in [0.717, 1.165) is 40.4 Å². The van der Waals surface area contributed by atoms with Crippen molar-refractivity contribution >= 4 is 38.9 Å². The number of aromatic nitrogens is 2. The summed E-state index contributed by atoms with van der Waals surface area (Å²) in [5, 5.41) is 14.6. The topological polar surface area (TPSA) is 97.8 Å². The van der Waals surface area contributed by atoms with Gasteiger partial charge in [-0.3, -0.25) is 0 Å². The highest BCUT2D eigenvalue weighted by molar-refractivity contribution is 7.22. The summed E-state index contributed by atoms with van der Waals surface area (Å²) in [6.45, 7) is 7.66. The fraction of sp³-hybridized carbons (Fsp3) is 0.625. The van der Waals surface area contributed by atoms with Gasteiger partial charge in [-0.2, -0.15) is 0 Å². The van der Waals surface area contributed by atoms with E-state index >= 15 is 0 Å². The summed E-state index contributed by atoms with van der Waals surface area (Å²) >= 11 is 1.42. The lowest BCUT2D eigenvalue weighted by Crippen LogP contribution is -2.29. The number of fused-ring (bicyclic) bond motifs is 1. The monoisotopic (exact) mass is 563 g/mol. The van der Waals surface area contributed by atoms with Crippen molar-refractivity contribution in [1.82, 2.24) is 10.1 Å². The Bertz CT molecular complexity index is 1380. The molecule has 40 heavy (non-hydrogen) atoms. The van der Waals surface area contributed by atoms with Crippen LogP contribution in [0.3, 0.4) is 0 Å². The van der Waals surface area contributed by atoms with E-state index < -0.39 is 5.97 Å². The lowest BCUT2D eigenvalue weighted by molar-refractivity contribution is 0.00762. The number of ether oxygens (including phenoxy) is 1. The molecule has 0 spiro atoms. The highest BCUT2D eigenvalue weighted by atomic mass is 32.1. The van der Waals surface area contributed by atoms with Gasteiger partial charge in [-0.1, -0.05) is 43.7 Å². The Labute approximate surface area is 240 Å². The van der Waals surface area contributed by atoms with E-state index in [1.165, 1.54) is 68.3 Å². The first-order valence-electron chi connectivity index (χ1n) is 15.0. The van der Waals surface area contributed by atoms with Gasteiger partial charge in [-0.25, -0.2) is 14.8 Å². The molecule has 0 saturated heterocycles. The van der Waals surface area contributed by atoms with Crippen LogP contribution < -0.4 is 0 Å². The Kier molecular flexibility index (Phi) is 7.83. The van der Waals surface area contributed by atoms with Crippen molar-refractivity contribution in [3.05, 3.63) is 40.8 Å². The van der Waals surface area contributed by atoms with Crippen LogP contribution in [0.1, 0.15) is 124 Å². The number of thiazole rings is 1. The van der Waals surface area contributed by atoms with E-state index in [1.54, 1.807) is 18.2 Å². The van der Waals surface area contributed by atoms with Crippen LogP contribution in [-0.2, 0) is 11.3 Å². The normalized spacial score (nSPS) is 24.0. The third-order valence-corrected chi connectivity index (χ3v) is 10.5. The average molecular weight is 564 g/mol. The number of hydrogen-bond acceptors (Lipinski definition) is 7. The molecule has 214 valence electrons. The molecular formula is C32H41N3O4S. The minimum absolute atomic E-state index is 0.0737. The summed E-state index contributed by atoms with van der Waals surface area (Å²) < 4.78 is 13.5. The van der Waals surface area contributed by atoms with Crippen molar-refractivity contribution in [2.45, 2.75) is 110 Å². The smallest absolute Gasteiger partial charge is 0.335 e. The van der Waals surface area contributed by atoms with Crippen LogP contribution in [0.15, 0.2) is 27.7 Å². The molecular weight excluding hydrogens is 522 g/mol. The van der Waals surface area contributed by atoms with E-state index in [4.69, 9.17) is 9.26 Å². The highest BCUT2D eigenvalue weighted by Gasteiger charge is 2.37. The van der Waals surface area contributed by atoms with Crippen LogP contribution in [0.2, 0.25) is 0 Å². The third kappa shape index (κ3) is 6.18. The Morgan fingerprint density at radius 1 is 1.20 bits per heavy atom. The molecule has 8 heteroatoms. The summed E-state index contributed by atoms with van der Waals surface area (Å²) in [7, 11) is 0. The number of aliphatic imine (C=N–C) groups is 1. The maximum absolute atomic E-state index is 11.3. The Hall–Kier alpha value is -2.58. The number of nitrogens with zero attached hydrogens (tertiary/aromatic N) is 3. The zero-order chi connectivity index (χ0) is 27.9. The van der Waals surface area contributed by atoms with Crippen LogP contribution in [0, 0.1) is 17.3 Å². The first-order chi connectivity index (χ1) is 19.3. The molecule has 7 nitrogen and oxygen atoms in total. The predicted molar refractivity (Wildman–Crippen MR) is 158 cm³/mol. The van der Waals surface area contributed by atoms with Crippen LogP contribution in [0.25, 0.3) is 10.2 Å². The Morgan fingerprint density at radius 3 is 2.67 bits per heavy atom. The van der Waals surface area contributed by atoms with Crippen LogP contribution >= 0.6 is 11.3 Å². The van der Waals surface area contributed by atoms with Gasteiger partial charge in [0, 0.05) is 30.0 Å². The van der Waals surface area contributed by atoms with Gasteiger partial charge in [0.1, 0.15) is 5.76 Å². The average Bonchev–Trinajstić information content (AvgIpc) is 3.55. The van der Waals surface area contributed by atoms with E-state index in [9.17, 15) is 9.90 Å². The molecule has 0 radical (unpaired) electrons. The molecule has 3 atom stereocenters. The number of carboxylic acids is 1. The molecule has 6 rings (SSSR count). The van der Waals surface area contributed by atoms with Gasteiger partial charge in [-0.05, 0) is 86.8 Å². The van der Waals surface area contributed by atoms with Gasteiger partial charge >= 0.3 is 5.97 Å². The van der Waals surface area contributed by atoms with Gasteiger partial charge in [-0.15, -0.1) is 0 Å². The molecule has 3 saturated carbocycles. The largest absolute Gasteiger partial charge is 0.478 e. The lowest BCUT2D eigenvalue weighted by Gasteiger charge is -2.36. The Morgan fingerprint density at radius 2 is 2.00 bits per heavy atom. The second-order valence-electron chi connectivity index (χ2n) is 13.1.